The molecule has 0 bridgehead atoms. The molecule has 3 aromatic rings. The molecule has 0 saturated carbocycles. The maximum Gasteiger partial charge on any atom is 0.166 e. The van der Waals surface area contributed by atoms with Gasteiger partial charge in [-0.3, -0.25) is 15.0 Å². The number of hydrogen-bond acceptors (Lipinski definition) is 5. The van der Waals surface area contributed by atoms with Gasteiger partial charge in [-0.1, -0.05) is 59.7 Å². The molecule has 32 heavy (non-hydrogen) atoms. The molecule has 1 saturated heterocycles. The zero-order valence-corrected chi connectivity index (χ0v) is 20.4. The van der Waals surface area contributed by atoms with Crippen LogP contribution in [0, 0.1) is 13.8 Å². The molecule has 3 atom stereocenters. The number of fused-ring (bicyclic) bond motifs is 5. The fourth-order valence-corrected chi connectivity index (χ4v) is 8.77. The Hall–Kier alpha value is -1.92. The van der Waals surface area contributed by atoms with Crippen LogP contribution in [0.2, 0.25) is 0 Å². The Balaban J connectivity index is 1.42. The predicted molar refractivity (Wildman–Crippen MR) is 133 cm³/mol. The molecule has 4 heterocycles. The minimum absolute atomic E-state index is 0.203. The number of thiophene rings is 1. The van der Waals surface area contributed by atoms with Crippen molar-refractivity contribution in [1.82, 2.24) is 10.2 Å². The van der Waals surface area contributed by atoms with Crippen molar-refractivity contribution in [2.24, 2.45) is 0 Å². The van der Waals surface area contributed by atoms with Gasteiger partial charge in [0.05, 0.1) is 4.21 Å². The topological polar surface area (TPSA) is 32.3 Å². The number of carbonyl (C=O) groups is 1. The number of benzene rings is 2. The Labute approximate surface area is 198 Å². The van der Waals surface area contributed by atoms with Crippen LogP contribution in [-0.2, 0) is 12.1 Å². The highest BCUT2D eigenvalue weighted by Gasteiger charge is 2.50. The third-order valence-corrected chi connectivity index (χ3v) is 10.3. The first-order valence-corrected chi connectivity index (χ1v) is 13.1. The van der Waals surface area contributed by atoms with Crippen LogP contribution in [0.25, 0.3) is 0 Å². The normalized spacial score (nSPS) is 27.2. The molecule has 164 valence electrons. The summed E-state index contributed by atoms with van der Waals surface area (Å²) in [6.45, 7) is 8.57. The number of thioether (sulfide) groups is 1. The summed E-state index contributed by atoms with van der Waals surface area (Å²) in [7, 11) is 0. The number of nitrogens with one attached hydrogen (secondary N) is 1. The second-order valence-corrected chi connectivity index (χ2v) is 12.0. The van der Waals surface area contributed by atoms with Crippen LogP contribution in [0.3, 0.4) is 0 Å². The van der Waals surface area contributed by atoms with E-state index >= 15 is 0 Å². The first-order chi connectivity index (χ1) is 15.4. The van der Waals surface area contributed by atoms with Crippen molar-refractivity contribution in [1.29, 1.82) is 0 Å². The first kappa shape index (κ1) is 20.7. The third kappa shape index (κ3) is 3.13. The van der Waals surface area contributed by atoms with Gasteiger partial charge >= 0.3 is 0 Å². The van der Waals surface area contributed by atoms with E-state index in [1.54, 1.807) is 0 Å². The van der Waals surface area contributed by atoms with Gasteiger partial charge < -0.3 is 0 Å². The summed E-state index contributed by atoms with van der Waals surface area (Å²) in [5, 5.41) is 4.00. The van der Waals surface area contributed by atoms with E-state index in [1.807, 2.05) is 23.1 Å². The molecule has 0 spiro atoms. The molecule has 1 fully saturated rings. The van der Waals surface area contributed by atoms with Crippen molar-refractivity contribution in [2.45, 2.75) is 54.8 Å². The molecule has 3 aliphatic heterocycles. The molecule has 3 nitrogen and oxygen atoms in total. The van der Waals surface area contributed by atoms with Gasteiger partial charge in [0.1, 0.15) is 5.66 Å². The van der Waals surface area contributed by atoms with Crippen molar-refractivity contribution in [3.05, 3.63) is 86.8 Å². The van der Waals surface area contributed by atoms with Crippen molar-refractivity contribution in [3.8, 4) is 0 Å². The molecular weight excluding hydrogens is 432 g/mol. The minimum Gasteiger partial charge on any atom is -0.294 e. The van der Waals surface area contributed by atoms with Crippen molar-refractivity contribution >= 4 is 28.9 Å². The van der Waals surface area contributed by atoms with E-state index in [0.717, 1.165) is 25.1 Å². The number of hydrogen-bond donors (Lipinski definition) is 1. The monoisotopic (exact) mass is 460 g/mol. The highest BCUT2D eigenvalue weighted by atomic mass is 32.2. The van der Waals surface area contributed by atoms with Gasteiger partial charge in [0.2, 0.25) is 0 Å². The summed E-state index contributed by atoms with van der Waals surface area (Å²) >= 11 is 3.75. The van der Waals surface area contributed by atoms with Crippen LogP contribution in [0.5, 0.6) is 0 Å². The Morgan fingerprint density at radius 1 is 0.969 bits per heavy atom. The minimum atomic E-state index is -0.203. The highest BCUT2D eigenvalue weighted by molar-refractivity contribution is 8.01. The van der Waals surface area contributed by atoms with E-state index in [1.165, 1.54) is 36.9 Å². The number of rotatable bonds is 2. The predicted octanol–water partition coefficient (Wildman–Crippen LogP) is 6.16. The van der Waals surface area contributed by atoms with E-state index in [2.05, 4.69) is 79.5 Å². The van der Waals surface area contributed by atoms with Crippen LogP contribution in [0.4, 0.5) is 0 Å². The van der Waals surface area contributed by atoms with Crippen molar-refractivity contribution in [2.75, 3.05) is 13.1 Å². The number of ketones is 1. The SMILES string of the molecule is Cc1ccc(C2CC(=O)c3c(sc4c3CC(c3ccc(C)cc3)N3CCNC43C)S2)cc1. The average Bonchev–Trinajstić information content (AvgIpc) is 3.36. The lowest BCUT2D eigenvalue weighted by molar-refractivity contribution is 0.0712. The van der Waals surface area contributed by atoms with Crippen LogP contribution in [0.15, 0.2) is 52.7 Å². The van der Waals surface area contributed by atoms with Crippen LogP contribution in [-0.4, -0.2) is 23.8 Å². The van der Waals surface area contributed by atoms with Gasteiger partial charge in [-0.25, -0.2) is 0 Å². The van der Waals surface area contributed by atoms with Crippen LogP contribution in [0.1, 0.15) is 67.7 Å². The van der Waals surface area contributed by atoms with Crippen molar-refractivity contribution in [3.63, 3.8) is 0 Å². The molecule has 2 aromatic carbocycles. The Morgan fingerprint density at radius 3 is 2.31 bits per heavy atom. The quantitative estimate of drug-likeness (QED) is 0.496. The van der Waals surface area contributed by atoms with Crippen molar-refractivity contribution < 1.29 is 4.79 Å². The second kappa shape index (κ2) is 7.56. The summed E-state index contributed by atoms with van der Waals surface area (Å²) in [4.78, 5) is 17.5. The molecule has 0 amide bonds. The number of nitrogens with zero attached hydrogens (tertiary/aromatic N) is 1. The number of Topliss-reactive ketones (excluding diaryl/α,β-unsaturated/α-hetero) is 1. The lowest BCUT2D eigenvalue weighted by atomic mass is 9.85. The molecule has 3 aliphatic rings. The zero-order valence-electron chi connectivity index (χ0n) is 18.8. The standard InChI is InChI=1S/C27H28N2OS2/c1-16-4-8-18(9-5-16)21-14-20-24-22(30)15-23(19-10-6-17(2)7-11-19)31-26(24)32-25(20)27(3)28-12-13-29(21)27/h4-11,21,23,28H,12-15H2,1-3H3. The Kier molecular flexibility index (Phi) is 4.88. The summed E-state index contributed by atoms with van der Waals surface area (Å²) in [6.07, 6.45) is 1.51. The lowest BCUT2D eigenvalue weighted by Crippen LogP contribution is -2.50. The Morgan fingerprint density at radius 2 is 1.62 bits per heavy atom. The van der Waals surface area contributed by atoms with Crippen LogP contribution >= 0.6 is 23.1 Å². The maximum absolute atomic E-state index is 13.5. The fourth-order valence-electron chi connectivity index (χ4n) is 5.62. The molecule has 6 rings (SSSR count). The van der Waals surface area contributed by atoms with E-state index in [-0.39, 0.29) is 10.9 Å². The van der Waals surface area contributed by atoms with Gasteiger partial charge in [0.15, 0.2) is 5.78 Å². The van der Waals surface area contributed by atoms with E-state index in [4.69, 9.17) is 0 Å². The van der Waals surface area contributed by atoms with E-state index in [0.29, 0.717) is 18.2 Å². The average molecular weight is 461 g/mol. The molecule has 3 unspecified atom stereocenters. The second-order valence-electron chi connectivity index (χ2n) is 9.54. The number of aryl methyl sites for hydroxylation is 2. The third-order valence-electron chi connectivity index (χ3n) is 7.40. The molecule has 0 radical (unpaired) electrons. The number of carbonyl (C=O) groups excluding carboxylic acids is 1. The first-order valence-electron chi connectivity index (χ1n) is 11.4. The molecule has 5 heteroatoms. The lowest BCUT2D eigenvalue weighted by Gasteiger charge is -2.45. The summed E-state index contributed by atoms with van der Waals surface area (Å²) < 4.78 is 1.22. The fraction of sp³-hybridized carbons (Fsp3) is 0.370. The van der Waals surface area contributed by atoms with Gasteiger partial charge in [0, 0.05) is 41.2 Å². The summed E-state index contributed by atoms with van der Waals surface area (Å²) in [5.41, 5.74) is 7.27. The summed E-state index contributed by atoms with van der Waals surface area (Å²) in [6, 6.07) is 17.9. The summed E-state index contributed by atoms with van der Waals surface area (Å²) in [5.74, 6) is 0.319. The van der Waals surface area contributed by atoms with Gasteiger partial charge in [0.25, 0.3) is 0 Å². The van der Waals surface area contributed by atoms with E-state index in [9.17, 15) is 4.79 Å². The maximum atomic E-state index is 13.5. The molecule has 1 N–H and O–H groups in total. The molecule has 0 aliphatic carbocycles. The highest BCUT2D eigenvalue weighted by Crippen LogP contribution is 2.56. The van der Waals surface area contributed by atoms with Gasteiger partial charge in [-0.2, -0.15) is 0 Å². The van der Waals surface area contributed by atoms with Gasteiger partial charge in [-0.05, 0) is 43.9 Å². The van der Waals surface area contributed by atoms with Crippen LogP contribution < -0.4 is 5.32 Å². The largest absolute Gasteiger partial charge is 0.294 e. The Bertz CT molecular complexity index is 1200. The zero-order chi connectivity index (χ0) is 22.0. The van der Waals surface area contributed by atoms with Gasteiger partial charge in [-0.15, -0.1) is 23.1 Å². The molecular formula is C27H28N2OS2. The molecule has 1 aromatic heterocycles. The smallest absolute Gasteiger partial charge is 0.166 e. The van der Waals surface area contributed by atoms with E-state index < -0.39 is 0 Å².